The van der Waals surface area contributed by atoms with Gasteiger partial charge in [0.05, 0.1) is 42.0 Å². The number of rotatable bonds is 7. The predicted octanol–water partition coefficient (Wildman–Crippen LogP) is 2.78. The van der Waals surface area contributed by atoms with Crippen molar-refractivity contribution < 1.29 is 13.2 Å². The minimum absolute atomic E-state index is 0.0613. The standard InChI is InChI=1S/C19H24N4O3S/c1-14(2)27(24,25)9-8-23-13-20-18(15-6-5-7-17(10-15)26-4)19(23)16-11-21-22(3)12-16/h5-7,10-14H,8-9H2,1-4H3. The highest BCUT2D eigenvalue weighted by Gasteiger charge is 2.20. The van der Waals surface area contributed by atoms with Crippen molar-refractivity contribution in [1.82, 2.24) is 19.3 Å². The lowest BCUT2D eigenvalue weighted by molar-refractivity contribution is 0.415. The van der Waals surface area contributed by atoms with Crippen LogP contribution in [0.2, 0.25) is 0 Å². The number of ether oxygens (including phenoxy) is 1. The summed E-state index contributed by atoms with van der Waals surface area (Å²) in [6.45, 7) is 3.74. The van der Waals surface area contributed by atoms with E-state index >= 15 is 0 Å². The van der Waals surface area contributed by atoms with Crippen LogP contribution in [0, 0.1) is 0 Å². The van der Waals surface area contributed by atoms with Crippen LogP contribution in [0.5, 0.6) is 5.75 Å². The molecule has 0 aliphatic carbocycles. The molecule has 0 bridgehead atoms. The summed E-state index contributed by atoms with van der Waals surface area (Å²) in [4.78, 5) is 4.57. The Morgan fingerprint density at radius 2 is 2.00 bits per heavy atom. The van der Waals surface area contributed by atoms with Gasteiger partial charge in [-0.15, -0.1) is 0 Å². The van der Waals surface area contributed by atoms with Gasteiger partial charge in [-0.05, 0) is 26.0 Å². The van der Waals surface area contributed by atoms with E-state index in [2.05, 4.69) is 10.1 Å². The van der Waals surface area contributed by atoms with E-state index in [1.807, 2.05) is 42.1 Å². The van der Waals surface area contributed by atoms with E-state index in [4.69, 9.17) is 4.74 Å². The quantitative estimate of drug-likeness (QED) is 0.622. The zero-order chi connectivity index (χ0) is 19.6. The molecule has 0 saturated heterocycles. The minimum atomic E-state index is -3.15. The predicted molar refractivity (Wildman–Crippen MR) is 105 cm³/mol. The van der Waals surface area contributed by atoms with Crippen LogP contribution >= 0.6 is 0 Å². The van der Waals surface area contributed by atoms with E-state index in [1.54, 1.807) is 38.2 Å². The molecule has 0 aliphatic heterocycles. The Hall–Kier alpha value is -2.61. The van der Waals surface area contributed by atoms with E-state index < -0.39 is 15.1 Å². The van der Waals surface area contributed by atoms with Gasteiger partial charge in [-0.3, -0.25) is 4.68 Å². The molecule has 3 aromatic rings. The van der Waals surface area contributed by atoms with Gasteiger partial charge in [0, 0.05) is 30.9 Å². The first-order chi connectivity index (χ1) is 12.8. The van der Waals surface area contributed by atoms with Crippen LogP contribution < -0.4 is 4.74 Å². The number of hydrogen-bond donors (Lipinski definition) is 0. The van der Waals surface area contributed by atoms with Crippen LogP contribution in [0.25, 0.3) is 22.5 Å². The topological polar surface area (TPSA) is 79.0 Å². The molecule has 144 valence electrons. The second-order valence-electron chi connectivity index (χ2n) is 6.69. The second kappa shape index (κ2) is 7.56. The largest absolute Gasteiger partial charge is 0.497 e. The zero-order valence-electron chi connectivity index (χ0n) is 16.0. The molecule has 0 amide bonds. The fourth-order valence-electron chi connectivity index (χ4n) is 2.84. The lowest BCUT2D eigenvalue weighted by Gasteiger charge is -2.11. The van der Waals surface area contributed by atoms with Crippen LogP contribution in [0.15, 0.2) is 43.0 Å². The van der Waals surface area contributed by atoms with E-state index in [1.165, 1.54) is 0 Å². The molecule has 0 unspecified atom stereocenters. The third kappa shape index (κ3) is 4.05. The average Bonchev–Trinajstić information content (AvgIpc) is 3.25. The van der Waals surface area contributed by atoms with Crippen LogP contribution in [0.4, 0.5) is 0 Å². The molecule has 27 heavy (non-hydrogen) atoms. The molecule has 0 radical (unpaired) electrons. The van der Waals surface area contributed by atoms with E-state index in [0.29, 0.717) is 6.54 Å². The molecular weight excluding hydrogens is 364 g/mol. The number of methoxy groups -OCH3 is 1. The van der Waals surface area contributed by atoms with Gasteiger partial charge in [-0.2, -0.15) is 5.10 Å². The minimum Gasteiger partial charge on any atom is -0.497 e. The average molecular weight is 388 g/mol. The van der Waals surface area contributed by atoms with Crippen molar-refractivity contribution in [3.8, 4) is 28.3 Å². The van der Waals surface area contributed by atoms with Crippen LogP contribution in [-0.4, -0.2) is 45.9 Å². The number of nitrogens with zero attached hydrogens (tertiary/aromatic N) is 4. The summed E-state index contributed by atoms with van der Waals surface area (Å²) in [5.74, 6) is 0.799. The summed E-state index contributed by atoms with van der Waals surface area (Å²) in [7, 11) is 0.322. The van der Waals surface area contributed by atoms with Crippen molar-refractivity contribution in [3.63, 3.8) is 0 Å². The maximum atomic E-state index is 12.2. The molecule has 0 atom stereocenters. The smallest absolute Gasteiger partial charge is 0.154 e. The van der Waals surface area contributed by atoms with Gasteiger partial charge < -0.3 is 9.30 Å². The molecule has 3 rings (SSSR count). The van der Waals surface area contributed by atoms with Gasteiger partial charge in [0.1, 0.15) is 5.75 Å². The molecule has 2 aromatic heterocycles. The SMILES string of the molecule is COc1cccc(-c2ncn(CCS(=O)(=O)C(C)C)c2-c2cnn(C)c2)c1. The highest BCUT2D eigenvalue weighted by molar-refractivity contribution is 7.91. The molecule has 0 spiro atoms. The summed E-state index contributed by atoms with van der Waals surface area (Å²) < 4.78 is 33.4. The molecule has 1 aromatic carbocycles. The first-order valence-corrected chi connectivity index (χ1v) is 10.4. The van der Waals surface area contributed by atoms with Crippen molar-refractivity contribution >= 4 is 9.84 Å². The summed E-state index contributed by atoms with van der Waals surface area (Å²) in [5, 5.41) is 3.85. The third-order valence-corrected chi connectivity index (χ3v) is 6.68. The highest BCUT2D eigenvalue weighted by Crippen LogP contribution is 2.32. The maximum absolute atomic E-state index is 12.2. The summed E-state index contributed by atoms with van der Waals surface area (Å²) in [5.41, 5.74) is 3.40. The molecule has 0 fully saturated rings. The van der Waals surface area contributed by atoms with Gasteiger partial charge in [0.15, 0.2) is 9.84 Å². The van der Waals surface area contributed by atoms with Crippen LogP contribution in [0.1, 0.15) is 13.8 Å². The van der Waals surface area contributed by atoms with E-state index in [0.717, 1.165) is 28.3 Å². The number of aromatic nitrogens is 4. The number of benzene rings is 1. The Labute approximate surface area is 159 Å². The molecule has 7 nitrogen and oxygen atoms in total. The fourth-order valence-corrected chi connectivity index (χ4v) is 3.76. The highest BCUT2D eigenvalue weighted by atomic mass is 32.2. The van der Waals surface area contributed by atoms with Crippen molar-refractivity contribution in [2.45, 2.75) is 25.6 Å². The summed E-state index contributed by atoms with van der Waals surface area (Å²) in [6.07, 6.45) is 5.34. The molecule has 0 aliphatic rings. The Balaban J connectivity index is 2.06. The van der Waals surface area contributed by atoms with Crippen molar-refractivity contribution in [2.24, 2.45) is 7.05 Å². The lowest BCUT2D eigenvalue weighted by Crippen LogP contribution is -2.21. The number of aryl methyl sites for hydroxylation is 2. The number of hydrogen-bond acceptors (Lipinski definition) is 5. The summed E-state index contributed by atoms with van der Waals surface area (Å²) in [6, 6.07) is 7.65. The lowest BCUT2D eigenvalue weighted by atomic mass is 10.1. The molecule has 0 saturated carbocycles. The normalized spacial score (nSPS) is 11.9. The summed E-state index contributed by atoms with van der Waals surface area (Å²) >= 11 is 0. The van der Waals surface area contributed by atoms with Gasteiger partial charge >= 0.3 is 0 Å². The zero-order valence-corrected chi connectivity index (χ0v) is 16.8. The molecule has 8 heteroatoms. The monoisotopic (exact) mass is 388 g/mol. The van der Waals surface area contributed by atoms with Crippen LogP contribution in [0.3, 0.4) is 0 Å². The maximum Gasteiger partial charge on any atom is 0.154 e. The first-order valence-electron chi connectivity index (χ1n) is 8.72. The number of sulfone groups is 1. The third-order valence-electron chi connectivity index (χ3n) is 4.49. The molecular formula is C19H24N4O3S. The Morgan fingerprint density at radius 3 is 2.63 bits per heavy atom. The molecule has 0 N–H and O–H groups in total. The van der Waals surface area contributed by atoms with Crippen molar-refractivity contribution in [1.29, 1.82) is 0 Å². The van der Waals surface area contributed by atoms with Crippen molar-refractivity contribution in [2.75, 3.05) is 12.9 Å². The van der Waals surface area contributed by atoms with Crippen LogP contribution in [-0.2, 0) is 23.4 Å². The van der Waals surface area contributed by atoms with E-state index in [9.17, 15) is 8.42 Å². The fraction of sp³-hybridized carbons (Fsp3) is 0.368. The van der Waals surface area contributed by atoms with Gasteiger partial charge in [0.25, 0.3) is 0 Å². The van der Waals surface area contributed by atoms with Gasteiger partial charge in [-0.25, -0.2) is 13.4 Å². The van der Waals surface area contributed by atoms with Gasteiger partial charge in [0.2, 0.25) is 0 Å². The van der Waals surface area contributed by atoms with E-state index in [-0.39, 0.29) is 5.75 Å². The Bertz CT molecular complexity index is 1030. The van der Waals surface area contributed by atoms with Gasteiger partial charge in [-0.1, -0.05) is 12.1 Å². The number of imidazole rings is 1. The van der Waals surface area contributed by atoms with Crippen molar-refractivity contribution in [3.05, 3.63) is 43.0 Å². The molecule has 2 heterocycles. The Kier molecular flexibility index (Phi) is 5.36. The first kappa shape index (κ1) is 19.2. The second-order valence-corrected chi connectivity index (χ2v) is 9.36. The Morgan fingerprint density at radius 1 is 1.22 bits per heavy atom.